The van der Waals surface area contributed by atoms with Crippen LogP contribution in [0, 0.1) is 6.92 Å². The van der Waals surface area contributed by atoms with E-state index in [4.69, 9.17) is 13.9 Å². The number of fused-ring (bicyclic) bond motifs is 1. The van der Waals surface area contributed by atoms with Crippen molar-refractivity contribution < 1.29 is 33.4 Å². The van der Waals surface area contributed by atoms with Gasteiger partial charge < -0.3 is 19.0 Å². The molecular weight excluding hydrogens is 556 g/mol. The molecule has 0 aliphatic carbocycles. The fourth-order valence-corrected chi connectivity index (χ4v) is 5.73. The summed E-state index contributed by atoms with van der Waals surface area (Å²) in [6.45, 7) is 7.88. The second-order valence-electron chi connectivity index (χ2n) is 9.74. The summed E-state index contributed by atoms with van der Waals surface area (Å²) < 4.78 is 16.8. The van der Waals surface area contributed by atoms with E-state index in [1.807, 2.05) is 6.07 Å². The molecule has 10 heteroatoms. The molecule has 1 amide bonds. The molecule has 4 aromatic rings. The summed E-state index contributed by atoms with van der Waals surface area (Å²) in [6, 6.07) is 14.7. The molecule has 216 valence electrons. The van der Waals surface area contributed by atoms with Gasteiger partial charge in [-0.2, -0.15) is 0 Å². The number of aromatic nitrogens is 1. The number of amides is 1. The minimum Gasteiger partial charge on any atom is -0.503 e. The molecule has 2 aromatic carbocycles. The van der Waals surface area contributed by atoms with Crippen molar-refractivity contribution in [2.75, 3.05) is 18.1 Å². The van der Waals surface area contributed by atoms with Crippen LogP contribution in [-0.2, 0) is 9.53 Å². The molecule has 1 aliphatic rings. The first-order valence-corrected chi connectivity index (χ1v) is 14.4. The lowest BCUT2D eigenvalue weighted by Crippen LogP contribution is -2.31. The number of aryl methyl sites for hydroxylation is 1. The summed E-state index contributed by atoms with van der Waals surface area (Å²) in [5.41, 5.74) is 1.24. The number of para-hydroxylation sites is 1. The summed E-state index contributed by atoms with van der Waals surface area (Å²) in [5.74, 6) is -2.16. The van der Waals surface area contributed by atoms with E-state index in [2.05, 4.69) is 18.5 Å². The van der Waals surface area contributed by atoms with Gasteiger partial charge in [-0.15, -0.1) is 0 Å². The fourth-order valence-electron chi connectivity index (χ4n) is 4.74. The largest absolute Gasteiger partial charge is 0.503 e. The number of nitrogens with zero attached hydrogens (tertiary/aromatic N) is 2. The normalized spacial score (nSPS) is 15.0. The number of anilines is 1. The van der Waals surface area contributed by atoms with E-state index < -0.39 is 29.5 Å². The fraction of sp³-hybridized carbons (Fsp3) is 0.250. The van der Waals surface area contributed by atoms with Crippen LogP contribution in [-0.4, -0.2) is 41.0 Å². The number of aliphatic hydroxyl groups excluding tert-OH is 1. The SMILES string of the molecule is C=CCOC(=O)c1sc(N2C(=O)C(O)=C(C(=O)c3cc4ccccc4o3)C2c2ccc(OCCCCC)cc2)nc1C. The van der Waals surface area contributed by atoms with E-state index in [1.54, 1.807) is 55.5 Å². The van der Waals surface area contributed by atoms with E-state index in [0.717, 1.165) is 30.6 Å². The maximum atomic E-state index is 13.9. The first-order chi connectivity index (χ1) is 20.3. The van der Waals surface area contributed by atoms with E-state index in [0.29, 0.717) is 34.6 Å². The third kappa shape index (κ3) is 5.58. The van der Waals surface area contributed by atoms with Gasteiger partial charge >= 0.3 is 5.97 Å². The average Bonchev–Trinajstić information content (AvgIpc) is 3.68. The van der Waals surface area contributed by atoms with Gasteiger partial charge in [-0.3, -0.25) is 14.5 Å². The number of Topliss-reactive ketones (excluding diaryl/α,β-unsaturated/α-hetero) is 1. The molecular formula is C32H30N2O7S. The van der Waals surface area contributed by atoms with Crippen LogP contribution < -0.4 is 9.64 Å². The molecule has 0 bridgehead atoms. The number of hydrogen-bond donors (Lipinski definition) is 1. The van der Waals surface area contributed by atoms with Gasteiger partial charge in [0, 0.05) is 5.39 Å². The molecule has 42 heavy (non-hydrogen) atoms. The highest BCUT2D eigenvalue weighted by Crippen LogP contribution is 2.44. The van der Waals surface area contributed by atoms with Crippen LogP contribution in [0.4, 0.5) is 5.13 Å². The summed E-state index contributed by atoms with van der Waals surface area (Å²) in [7, 11) is 0. The first kappa shape index (κ1) is 28.8. The molecule has 2 aromatic heterocycles. The van der Waals surface area contributed by atoms with Gasteiger partial charge in [-0.05, 0) is 43.2 Å². The minimum absolute atomic E-state index is 0.0160. The number of ketones is 1. The number of rotatable bonds is 12. The van der Waals surface area contributed by atoms with Crippen molar-refractivity contribution in [3.8, 4) is 5.75 Å². The summed E-state index contributed by atoms with van der Waals surface area (Å²) in [4.78, 5) is 46.0. The predicted molar refractivity (Wildman–Crippen MR) is 159 cm³/mol. The van der Waals surface area contributed by atoms with Crippen LogP contribution in [0.15, 0.2) is 83.0 Å². The third-order valence-corrected chi connectivity index (χ3v) is 7.96. The molecule has 3 heterocycles. The molecule has 1 atom stereocenters. The topological polar surface area (TPSA) is 119 Å². The number of aliphatic hydroxyl groups is 1. The molecule has 0 radical (unpaired) electrons. The molecule has 1 N–H and O–H groups in total. The quantitative estimate of drug-likeness (QED) is 0.0825. The Hall–Kier alpha value is -4.70. The zero-order valence-electron chi connectivity index (χ0n) is 23.3. The van der Waals surface area contributed by atoms with E-state index in [9.17, 15) is 19.5 Å². The molecule has 5 rings (SSSR count). The van der Waals surface area contributed by atoms with Gasteiger partial charge in [0.15, 0.2) is 16.7 Å². The number of furan rings is 1. The van der Waals surface area contributed by atoms with Crippen LogP contribution in [0.25, 0.3) is 11.0 Å². The molecule has 0 spiro atoms. The lowest BCUT2D eigenvalue weighted by Gasteiger charge is -2.24. The lowest BCUT2D eigenvalue weighted by molar-refractivity contribution is -0.117. The number of esters is 1. The van der Waals surface area contributed by atoms with Gasteiger partial charge in [0.2, 0.25) is 5.78 Å². The summed E-state index contributed by atoms with van der Waals surface area (Å²) in [6.07, 6.45) is 4.52. The van der Waals surface area contributed by atoms with Crippen LogP contribution in [0.3, 0.4) is 0 Å². The zero-order chi connectivity index (χ0) is 29.8. The molecule has 1 aliphatic heterocycles. The van der Waals surface area contributed by atoms with Crippen LogP contribution in [0.5, 0.6) is 5.75 Å². The second kappa shape index (κ2) is 12.4. The molecule has 0 saturated carbocycles. The Kier molecular flexibility index (Phi) is 8.53. The number of ether oxygens (including phenoxy) is 2. The third-order valence-electron chi connectivity index (χ3n) is 6.82. The highest BCUT2D eigenvalue weighted by Gasteiger charge is 2.47. The van der Waals surface area contributed by atoms with Crippen molar-refractivity contribution in [1.29, 1.82) is 0 Å². The highest BCUT2D eigenvalue weighted by molar-refractivity contribution is 7.17. The van der Waals surface area contributed by atoms with Crippen molar-refractivity contribution in [2.24, 2.45) is 0 Å². The molecule has 0 fully saturated rings. The number of carbonyl (C=O) groups excluding carboxylic acids is 3. The minimum atomic E-state index is -1.05. The maximum absolute atomic E-state index is 13.9. The predicted octanol–water partition coefficient (Wildman–Crippen LogP) is 6.89. The van der Waals surface area contributed by atoms with Crippen molar-refractivity contribution in [3.05, 3.63) is 100 Å². The zero-order valence-corrected chi connectivity index (χ0v) is 24.1. The maximum Gasteiger partial charge on any atom is 0.350 e. The number of thiazole rings is 1. The number of unbranched alkanes of at least 4 members (excludes halogenated alkanes) is 2. The Bertz CT molecular complexity index is 1650. The lowest BCUT2D eigenvalue weighted by atomic mass is 9.95. The Morgan fingerprint density at radius 1 is 1.17 bits per heavy atom. The monoisotopic (exact) mass is 586 g/mol. The number of carbonyl (C=O) groups is 3. The van der Waals surface area contributed by atoms with Gasteiger partial charge in [-0.25, -0.2) is 9.78 Å². The van der Waals surface area contributed by atoms with Crippen LogP contribution in [0.1, 0.15) is 63.7 Å². The van der Waals surface area contributed by atoms with Crippen LogP contribution >= 0.6 is 11.3 Å². The number of benzene rings is 2. The van der Waals surface area contributed by atoms with Crippen molar-refractivity contribution in [3.63, 3.8) is 0 Å². The Labute approximate surface area is 246 Å². The molecule has 1 unspecified atom stereocenters. The number of hydrogen-bond acceptors (Lipinski definition) is 9. The smallest absolute Gasteiger partial charge is 0.350 e. The van der Waals surface area contributed by atoms with E-state index in [1.165, 1.54) is 11.0 Å². The summed E-state index contributed by atoms with van der Waals surface area (Å²) >= 11 is 0.940. The van der Waals surface area contributed by atoms with Gasteiger partial charge in [0.25, 0.3) is 5.91 Å². The standard InChI is InChI=1S/C32H30N2O7S/c1-4-6-9-17-39-22-14-12-20(13-15-22)26-25(27(35)24-18-21-10-7-8-11-23(21)41-24)28(36)30(37)34(26)32-33-19(3)29(42-32)31(38)40-16-5-2/h5,7-8,10-15,18,26,36H,2,4,6,9,16-17H2,1,3H3. The van der Waals surface area contributed by atoms with E-state index in [-0.39, 0.29) is 27.9 Å². The van der Waals surface area contributed by atoms with Crippen molar-refractivity contribution in [2.45, 2.75) is 39.2 Å². The van der Waals surface area contributed by atoms with Crippen molar-refractivity contribution in [1.82, 2.24) is 4.98 Å². The molecule has 0 saturated heterocycles. The Morgan fingerprint density at radius 2 is 1.93 bits per heavy atom. The highest BCUT2D eigenvalue weighted by atomic mass is 32.1. The Balaban J connectivity index is 1.55. The van der Waals surface area contributed by atoms with Gasteiger partial charge in [-0.1, -0.05) is 74.1 Å². The average molecular weight is 587 g/mol. The Morgan fingerprint density at radius 3 is 2.64 bits per heavy atom. The van der Waals surface area contributed by atoms with Gasteiger partial charge in [0.05, 0.1) is 23.9 Å². The molecule has 9 nitrogen and oxygen atoms in total. The van der Waals surface area contributed by atoms with Crippen LogP contribution in [0.2, 0.25) is 0 Å². The van der Waals surface area contributed by atoms with E-state index >= 15 is 0 Å². The second-order valence-corrected chi connectivity index (χ2v) is 10.7. The summed E-state index contributed by atoms with van der Waals surface area (Å²) in [5, 5.41) is 12.0. The van der Waals surface area contributed by atoms with Gasteiger partial charge in [0.1, 0.15) is 22.8 Å². The first-order valence-electron chi connectivity index (χ1n) is 13.6. The van der Waals surface area contributed by atoms with Crippen molar-refractivity contribution >= 4 is 45.1 Å².